The fourth-order valence-electron chi connectivity index (χ4n) is 3.68. The number of rotatable bonds is 6. The summed E-state index contributed by atoms with van der Waals surface area (Å²) in [6.07, 6.45) is 4.65. The van der Waals surface area contributed by atoms with Gasteiger partial charge < -0.3 is 10.0 Å². The zero-order valence-electron chi connectivity index (χ0n) is 13.8. The Morgan fingerprint density at radius 2 is 2.10 bits per heavy atom. The Morgan fingerprint density at radius 1 is 1.33 bits per heavy atom. The van der Waals surface area contributed by atoms with E-state index in [-0.39, 0.29) is 6.04 Å². The van der Waals surface area contributed by atoms with Crippen molar-refractivity contribution in [3.8, 4) is 0 Å². The molecule has 2 rings (SSSR count). The summed E-state index contributed by atoms with van der Waals surface area (Å²) in [5, 5.41) is 12.7. The molecule has 0 radical (unpaired) electrons. The minimum Gasteiger partial charge on any atom is -0.480 e. The highest BCUT2D eigenvalue weighted by atomic mass is 16.4. The molecule has 122 valence electrons. The van der Waals surface area contributed by atoms with Crippen molar-refractivity contribution in [1.82, 2.24) is 15.1 Å². The zero-order chi connectivity index (χ0) is 15.5. The molecule has 2 aliphatic rings. The predicted molar refractivity (Wildman–Crippen MR) is 84.6 cm³/mol. The lowest BCUT2D eigenvalue weighted by atomic mass is 9.95. The van der Waals surface area contributed by atoms with Gasteiger partial charge in [0.05, 0.1) is 0 Å². The third kappa shape index (κ3) is 4.41. The zero-order valence-corrected chi connectivity index (χ0v) is 13.8. The van der Waals surface area contributed by atoms with E-state index in [1.165, 1.54) is 25.8 Å². The fourth-order valence-corrected chi connectivity index (χ4v) is 3.68. The van der Waals surface area contributed by atoms with Gasteiger partial charge >= 0.3 is 5.97 Å². The Kier molecular flexibility index (Phi) is 5.63. The van der Waals surface area contributed by atoms with E-state index in [1.807, 2.05) is 20.8 Å². The first-order valence-corrected chi connectivity index (χ1v) is 8.38. The molecule has 2 aliphatic heterocycles. The maximum atomic E-state index is 11.6. The number of piperidine rings is 1. The first kappa shape index (κ1) is 16.7. The monoisotopic (exact) mass is 297 g/mol. The Balaban J connectivity index is 1.85. The summed E-state index contributed by atoms with van der Waals surface area (Å²) < 4.78 is 0. The number of hydrogen-bond acceptors (Lipinski definition) is 4. The Bertz CT molecular complexity index is 361. The second-order valence-corrected chi connectivity index (χ2v) is 7.17. The number of carbonyl (C=O) groups is 1. The number of fused-ring (bicyclic) bond motifs is 1. The van der Waals surface area contributed by atoms with Gasteiger partial charge in [-0.1, -0.05) is 6.42 Å². The van der Waals surface area contributed by atoms with Crippen molar-refractivity contribution in [3.05, 3.63) is 0 Å². The molecule has 2 heterocycles. The van der Waals surface area contributed by atoms with Gasteiger partial charge in [0.1, 0.15) is 5.54 Å². The molecule has 2 unspecified atom stereocenters. The molecule has 0 saturated carbocycles. The van der Waals surface area contributed by atoms with Crippen LogP contribution in [0, 0.1) is 0 Å². The summed E-state index contributed by atoms with van der Waals surface area (Å²) in [5.41, 5.74) is -0.822. The minimum absolute atomic E-state index is 0.182. The largest absolute Gasteiger partial charge is 0.480 e. The maximum absolute atomic E-state index is 11.6. The maximum Gasteiger partial charge on any atom is 0.323 e. The third-order valence-electron chi connectivity index (χ3n) is 4.93. The van der Waals surface area contributed by atoms with Gasteiger partial charge in [0, 0.05) is 38.3 Å². The number of nitrogens with one attached hydrogen (secondary N) is 1. The van der Waals surface area contributed by atoms with Crippen molar-refractivity contribution in [2.45, 2.75) is 64.1 Å². The summed E-state index contributed by atoms with van der Waals surface area (Å²) in [6, 6.07) is 0.878. The SMILES string of the molecule is CC(C)NC(C)(CCN1CCN2CCCCC2C1)C(=O)O. The number of piperazine rings is 1. The van der Waals surface area contributed by atoms with Crippen LogP contribution in [0.2, 0.25) is 0 Å². The number of hydrogen-bond donors (Lipinski definition) is 2. The van der Waals surface area contributed by atoms with Crippen LogP contribution in [-0.2, 0) is 4.79 Å². The average Bonchev–Trinajstić information content (AvgIpc) is 2.44. The molecule has 5 heteroatoms. The van der Waals surface area contributed by atoms with E-state index in [2.05, 4.69) is 15.1 Å². The van der Waals surface area contributed by atoms with Crippen molar-refractivity contribution in [2.24, 2.45) is 0 Å². The first-order chi connectivity index (χ1) is 9.90. The van der Waals surface area contributed by atoms with E-state index in [4.69, 9.17) is 0 Å². The van der Waals surface area contributed by atoms with Gasteiger partial charge in [-0.25, -0.2) is 0 Å². The molecule has 5 nitrogen and oxygen atoms in total. The quantitative estimate of drug-likeness (QED) is 0.776. The van der Waals surface area contributed by atoms with Crippen LogP contribution in [0.5, 0.6) is 0 Å². The molecule has 0 aromatic carbocycles. The summed E-state index contributed by atoms with van der Waals surface area (Å²) in [6.45, 7) is 11.3. The van der Waals surface area contributed by atoms with E-state index < -0.39 is 11.5 Å². The molecule has 0 aromatic heterocycles. The summed E-state index contributed by atoms with van der Waals surface area (Å²) >= 11 is 0. The van der Waals surface area contributed by atoms with Gasteiger partial charge in [0.2, 0.25) is 0 Å². The van der Waals surface area contributed by atoms with Crippen LogP contribution < -0.4 is 5.32 Å². The number of carboxylic acids is 1. The highest BCUT2D eigenvalue weighted by Gasteiger charge is 2.35. The molecular formula is C16H31N3O2. The highest BCUT2D eigenvalue weighted by Crippen LogP contribution is 2.22. The Morgan fingerprint density at radius 3 is 2.76 bits per heavy atom. The molecule has 0 aliphatic carbocycles. The van der Waals surface area contributed by atoms with E-state index in [1.54, 1.807) is 0 Å². The second-order valence-electron chi connectivity index (χ2n) is 7.17. The third-order valence-corrected chi connectivity index (χ3v) is 4.93. The van der Waals surface area contributed by atoms with E-state index in [0.717, 1.165) is 26.2 Å². The normalized spacial score (nSPS) is 27.3. The van der Waals surface area contributed by atoms with Crippen LogP contribution in [0.3, 0.4) is 0 Å². The second kappa shape index (κ2) is 7.07. The van der Waals surface area contributed by atoms with Gasteiger partial charge in [0.25, 0.3) is 0 Å². The van der Waals surface area contributed by atoms with E-state index in [9.17, 15) is 9.90 Å². The number of nitrogens with zero attached hydrogens (tertiary/aromatic N) is 2. The molecule has 2 atom stereocenters. The highest BCUT2D eigenvalue weighted by molar-refractivity contribution is 5.78. The molecular weight excluding hydrogens is 266 g/mol. The van der Waals surface area contributed by atoms with Gasteiger partial charge in [-0.3, -0.25) is 15.0 Å². The molecule has 0 bridgehead atoms. The number of carboxylic acid groups (broad SMARTS) is 1. The van der Waals surface area contributed by atoms with Crippen LogP contribution in [0.25, 0.3) is 0 Å². The van der Waals surface area contributed by atoms with Crippen LogP contribution >= 0.6 is 0 Å². The lowest BCUT2D eigenvalue weighted by Crippen LogP contribution is -2.57. The van der Waals surface area contributed by atoms with Crippen LogP contribution in [0.15, 0.2) is 0 Å². The van der Waals surface area contributed by atoms with Gasteiger partial charge in [0.15, 0.2) is 0 Å². The lowest BCUT2D eigenvalue weighted by molar-refractivity contribution is -0.145. The standard InChI is InChI=1S/C16H31N3O2/c1-13(2)17-16(3,15(20)21)7-9-18-10-11-19-8-5-4-6-14(19)12-18/h13-14,17H,4-12H2,1-3H3,(H,20,21). The summed E-state index contributed by atoms with van der Waals surface area (Å²) in [7, 11) is 0. The summed E-state index contributed by atoms with van der Waals surface area (Å²) in [5.74, 6) is -0.743. The molecule has 2 saturated heterocycles. The van der Waals surface area contributed by atoms with E-state index in [0.29, 0.717) is 12.5 Å². The molecule has 0 spiro atoms. The Hall–Kier alpha value is -0.650. The van der Waals surface area contributed by atoms with Crippen molar-refractivity contribution in [2.75, 3.05) is 32.7 Å². The fraction of sp³-hybridized carbons (Fsp3) is 0.938. The lowest BCUT2D eigenvalue weighted by Gasteiger charge is -2.44. The van der Waals surface area contributed by atoms with E-state index >= 15 is 0 Å². The van der Waals surface area contributed by atoms with Crippen molar-refractivity contribution < 1.29 is 9.90 Å². The van der Waals surface area contributed by atoms with Crippen molar-refractivity contribution in [3.63, 3.8) is 0 Å². The van der Waals surface area contributed by atoms with Crippen molar-refractivity contribution in [1.29, 1.82) is 0 Å². The molecule has 0 aromatic rings. The number of aliphatic carboxylic acids is 1. The first-order valence-electron chi connectivity index (χ1n) is 8.38. The molecule has 2 N–H and O–H groups in total. The molecule has 2 fully saturated rings. The molecule has 0 amide bonds. The molecule has 21 heavy (non-hydrogen) atoms. The van der Waals surface area contributed by atoms with Gasteiger partial charge in [-0.15, -0.1) is 0 Å². The van der Waals surface area contributed by atoms with Gasteiger partial charge in [-0.2, -0.15) is 0 Å². The average molecular weight is 297 g/mol. The smallest absolute Gasteiger partial charge is 0.323 e. The van der Waals surface area contributed by atoms with Crippen LogP contribution in [-0.4, -0.2) is 71.2 Å². The summed E-state index contributed by atoms with van der Waals surface area (Å²) in [4.78, 5) is 16.6. The Labute approximate surface area is 128 Å². The predicted octanol–water partition coefficient (Wildman–Crippen LogP) is 1.39. The van der Waals surface area contributed by atoms with Gasteiger partial charge in [-0.05, 0) is 46.6 Å². The van der Waals surface area contributed by atoms with Crippen LogP contribution in [0.1, 0.15) is 46.5 Å². The van der Waals surface area contributed by atoms with Crippen LogP contribution in [0.4, 0.5) is 0 Å². The minimum atomic E-state index is -0.822. The topological polar surface area (TPSA) is 55.8 Å². The van der Waals surface area contributed by atoms with Crippen molar-refractivity contribution >= 4 is 5.97 Å².